The standard InChI is InChI=1S/C25H33F2N5O3S/c1-13-6-5-9-32(13)24(35)19-20(36-23(30-19)22(34)29-14-7-8-15(33)10-14)17-12-28-18(31-25(2,3)4)11-16(17)21(26)27/h11-15,21,33H,5-10H2,1-4H3,(H,28,31)(H,29,34)/t13-,14+,15+/m0/s1. The van der Waals surface area contributed by atoms with E-state index in [1.165, 1.54) is 12.3 Å². The van der Waals surface area contributed by atoms with Crippen LogP contribution in [0.15, 0.2) is 12.3 Å². The summed E-state index contributed by atoms with van der Waals surface area (Å²) >= 11 is 0.917. The average Bonchev–Trinajstić information content (AvgIpc) is 3.52. The fourth-order valence-corrected chi connectivity index (χ4v) is 5.74. The third-order valence-electron chi connectivity index (χ3n) is 6.50. The van der Waals surface area contributed by atoms with Crippen molar-refractivity contribution in [3.05, 3.63) is 28.5 Å². The first-order valence-corrected chi connectivity index (χ1v) is 13.1. The van der Waals surface area contributed by atoms with Gasteiger partial charge in [0, 0.05) is 41.5 Å². The van der Waals surface area contributed by atoms with Gasteiger partial charge in [0.15, 0.2) is 5.01 Å². The summed E-state index contributed by atoms with van der Waals surface area (Å²) in [6, 6.07) is 1.09. The van der Waals surface area contributed by atoms with Crippen LogP contribution in [0.1, 0.15) is 92.1 Å². The topological polar surface area (TPSA) is 107 Å². The zero-order valence-electron chi connectivity index (χ0n) is 21.0. The number of pyridine rings is 1. The number of carbonyl (C=O) groups is 2. The van der Waals surface area contributed by atoms with Crippen molar-refractivity contribution in [3.8, 4) is 10.4 Å². The average molecular weight is 522 g/mol. The van der Waals surface area contributed by atoms with E-state index in [-0.39, 0.29) is 50.2 Å². The largest absolute Gasteiger partial charge is 0.393 e. The van der Waals surface area contributed by atoms with Gasteiger partial charge in [0.1, 0.15) is 11.5 Å². The molecule has 1 saturated carbocycles. The van der Waals surface area contributed by atoms with Gasteiger partial charge in [0.2, 0.25) is 0 Å². The first kappa shape index (κ1) is 26.4. The highest BCUT2D eigenvalue weighted by Gasteiger charge is 2.34. The normalized spacial score (nSPS) is 22.3. The fraction of sp³-hybridized carbons (Fsp3) is 0.600. The van der Waals surface area contributed by atoms with Gasteiger partial charge in [-0.15, -0.1) is 11.3 Å². The molecule has 2 aromatic rings. The van der Waals surface area contributed by atoms with Gasteiger partial charge < -0.3 is 20.6 Å². The van der Waals surface area contributed by atoms with E-state index in [0.717, 1.165) is 24.2 Å². The number of hydrogen-bond acceptors (Lipinski definition) is 7. The van der Waals surface area contributed by atoms with E-state index in [4.69, 9.17) is 0 Å². The van der Waals surface area contributed by atoms with Crippen LogP contribution in [0, 0.1) is 0 Å². The summed E-state index contributed by atoms with van der Waals surface area (Å²) in [6.45, 7) is 8.18. The number of rotatable bonds is 6. The number of carbonyl (C=O) groups excluding carboxylic acids is 2. The number of aromatic nitrogens is 2. The highest BCUT2D eigenvalue weighted by atomic mass is 32.1. The van der Waals surface area contributed by atoms with E-state index in [0.29, 0.717) is 31.6 Å². The van der Waals surface area contributed by atoms with Crippen molar-refractivity contribution in [2.24, 2.45) is 0 Å². The molecule has 11 heteroatoms. The number of aliphatic hydroxyl groups is 1. The van der Waals surface area contributed by atoms with Gasteiger partial charge >= 0.3 is 0 Å². The molecule has 2 aromatic heterocycles. The van der Waals surface area contributed by atoms with Crippen molar-refractivity contribution in [1.29, 1.82) is 0 Å². The summed E-state index contributed by atoms with van der Waals surface area (Å²) in [5.74, 6) is -0.560. The van der Waals surface area contributed by atoms with E-state index < -0.39 is 18.4 Å². The molecule has 1 aliphatic heterocycles. The summed E-state index contributed by atoms with van der Waals surface area (Å²) in [6.07, 6.45) is 1.42. The zero-order chi connectivity index (χ0) is 26.2. The smallest absolute Gasteiger partial charge is 0.280 e. The lowest BCUT2D eigenvalue weighted by atomic mass is 10.1. The molecule has 0 unspecified atom stereocenters. The van der Waals surface area contributed by atoms with Gasteiger partial charge in [-0.2, -0.15) is 0 Å². The Labute approximate surface area is 213 Å². The SMILES string of the molecule is C[C@H]1CCCN1C(=O)c1nc(C(=O)N[C@@H]2CC[C@@H](O)C2)sc1-c1cnc(NC(C)(C)C)cc1C(F)F. The number of hydrogen-bond donors (Lipinski definition) is 3. The van der Waals surface area contributed by atoms with E-state index in [2.05, 4.69) is 20.6 Å². The van der Waals surface area contributed by atoms with E-state index in [1.807, 2.05) is 27.7 Å². The number of likely N-dealkylation sites (tertiary alicyclic amines) is 1. The molecular formula is C25H33F2N5O3S. The van der Waals surface area contributed by atoms with Crippen molar-refractivity contribution in [2.75, 3.05) is 11.9 Å². The molecule has 0 aromatic carbocycles. The molecule has 0 radical (unpaired) electrons. The summed E-state index contributed by atoms with van der Waals surface area (Å²) in [7, 11) is 0. The molecule has 2 aliphatic rings. The molecule has 36 heavy (non-hydrogen) atoms. The Morgan fingerprint density at radius 3 is 2.58 bits per heavy atom. The Morgan fingerprint density at radius 2 is 2.00 bits per heavy atom. The fourth-order valence-electron chi connectivity index (χ4n) is 4.75. The van der Waals surface area contributed by atoms with Crippen LogP contribution in [-0.2, 0) is 0 Å². The molecule has 196 valence electrons. The summed E-state index contributed by atoms with van der Waals surface area (Å²) in [5.41, 5.74) is -0.585. The second-order valence-corrected chi connectivity index (χ2v) is 11.7. The van der Waals surface area contributed by atoms with Crippen LogP contribution >= 0.6 is 11.3 Å². The van der Waals surface area contributed by atoms with Crippen molar-refractivity contribution < 1.29 is 23.5 Å². The van der Waals surface area contributed by atoms with Crippen LogP contribution in [-0.4, -0.2) is 62.1 Å². The maximum atomic E-state index is 14.2. The third kappa shape index (κ3) is 5.83. The first-order chi connectivity index (χ1) is 16.9. The van der Waals surface area contributed by atoms with E-state index in [1.54, 1.807) is 4.90 Å². The van der Waals surface area contributed by atoms with Crippen LogP contribution in [0.4, 0.5) is 14.6 Å². The van der Waals surface area contributed by atoms with Crippen LogP contribution < -0.4 is 10.6 Å². The maximum Gasteiger partial charge on any atom is 0.280 e. The predicted molar refractivity (Wildman–Crippen MR) is 135 cm³/mol. The van der Waals surface area contributed by atoms with Gasteiger partial charge in [0.25, 0.3) is 18.2 Å². The van der Waals surface area contributed by atoms with Crippen molar-refractivity contribution in [2.45, 2.75) is 90.0 Å². The quantitative estimate of drug-likeness (QED) is 0.512. The maximum absolute atomic E-state index is 14.2. The molecule has 1 saturated heterocycles. The molecule has 4 rings (SSSR count). The lowest BCUT2D eigenvalue weighted by molar-refractivity contribution is 0.0743. The molecule has 3 N–H and O–H groups in total. The molecule has 3 atom stereocenters. The highest BCUT2D eigenvalue weighted by molar-refractivity contribution is 7.17. The first-order valence-electron chi connectivity index (χ1n) is 12.3. The lowest BCUT2D eigenvalue weighted by Gasteiger charge is -2.23. The summed E-state index contributed by atoms with van der Waals surface area (Å²) in [4.78, 5) is 37.1. The lowest BCUT2D eigenvalue weighted by Crippen LogP contribution is -2.35. The minimum absolute atomic E-state index is 0.00430. The minimum atomic E-state index is -2.82. The number of nitrogens with zero attached hydrogens (tertiary/aromatic N) is 3. The van der Waals surface area contributed by atoms with Crippen LogP contribution in [0.5, 0.6) is 0 Å². The van der Waals surface area contributed by atoms with Crippen molar-refractivity contribution >= 4 is 29.0 Å². The molecule has 0 bridgehead atoms. The molecule has 8 nitrogen and oxygen atoms in total. The van der Waals surface area contributed by atoms with Crippen LogP contribution in [0.25, 0.3) is 10.4 Å². The van der Waals surface area contributed by atoms with Crippen molar-refractivity contribution in [3.63, 3.8) is 0 Å². The van der Waals surface area contributed by atoms with E-state index in [9.17, 15) is 23.5 Å². The van der Waals surface area contributed by atoms with Gasteiger partial charge in [-0.3, -0.25) is 9.59 Å². The number of halogens is 2. The van der Waals surface area contributed by atoms with E-state index >= 15 is 0 Å². The number of amides is 2. The molecular weight excluding hydrogens is 488 g/mol. The molecule has 1 aliphatic carbocycles. The minimum Gasteiger partial charge on any atom is -0.393 e. The number of anilines is 1. The Bertz CT molecular complexity index is 1130. The van der Waals surface area contributed by atoms with Crippen LogP contribution in [0.3, 0.4) is 0 Å². The van der Waals surface area contributed by atoms with Gasteiger partial charge in [0.05, 0.1) is 11.0 Å². The zero-order valence-corrected chi connectivity index (χ0v) is 21.8. The van der Waals surface area contributed by atoms with Crippen LogP contribution in [0.2, 0.25) is 0 Å². The Balaban J connectivity index is 1.75. The molecule has 0 spiro atoms. The highest BCUT2D eigenvalue weighted by Crippen LogP contribution is 2.39. The van der Waals surface area contributed by atoms with Gasteiger partial charge in [-0.1, -0.05) is 0 Å². The number of aliphatic hydroxyl groups excluding tert-OH is 1. The van der Waals surface area contributed by atoms with Gasteiger partial charge in [-0.05, 0) is 65.9 Å². The molecule has 3 heterocycles. The second kappa shape index (κ2) is 10.4. The monoisotopic (exact) mass is 521 g/mol. The Morgan fingerprint density at radius 1 is 1.25 bits per heavy atom. The van der Waals surface area contributed by atoms with Gasteiger partial charge in [-0.25, -0.2) is 18.7 Å². The number of alkyl halides is 2. The Kier molecular flexibility index (Phi) is 7.61. The third-order valence-corrected chi connectivity index (χ3v) is 7.58. The van der Waals surface area contributed by atoms with Crippen molar-refractivity contribution in [1.82, 2.24) is 20.2 Å². The summed E-state index contributed by atoms with van der Waals surface area (Å²) in [5, 5.41) is 15.8. The number of thiazole rings is 1. The predicted octanol–water partition coefficient (Wildman–Crippen LogP) is 4.62. The second-order valence-electron chi connectivity index (χ2n) is 10.7. The molecule has 2 fully saturated rings. The Hall–Kier alpha value is -2.66. The molecule has 2 amide bonds. The summed E-state index contributed by atoms with van der Waals surface area (Å²) < 4.78 is 28.4. The number of nitrogens with one attached hydrogen (secondary N) is 2.